The molecule has 1 saturated heterocycles. The second kappa shape index (κ2) is 5.43. The molecule has 0 aromatic carbocycles. The van der Waals surface area contributed by atoms with E-state index in [4.69, 9.17) is 9.47 Å². The molecular weight excluding hydrogens is 348 g/mol. The predicted octanol–water partition coefficient (Wildman–Crippen LogP) is 2.33. The van der Waals surface area contributed by atoms with Crippen molar-refractivity contribution in [1.82, 2.24) is 0 Å². The van der Waals surface area contributed by atoms with Crippen LogP contribution in [0.3, 0.4) is 0 Å². The van der Waals surface area contributed by atoms with Gasteiger partial charge in [0.1, 0.15) is 11.5 Å². The van der Waals surface area contributed by atoms with Crippen molar-refractivity contribution >= 4 is 17.7 Å². The van der Waals surface area contributed by atoms with Gasteiger partial charge in [-0.05, 0) is 55.6 Å². The summed E-state index contributed by atoms with van der Waals surface area (Å²) < 4.78 is 11.2. The van der Waals surface area contributed by atoms with E-state index in [1.54, 1.807) is 6.08 Å². The van der Waals surface area contributed by atoms with Crippen molar-refractivity contribution in [2.45, 2.75) is 71.0 Å². The third-order valence-corrected chi connectivity index (χ3v) is 7.76. The quantitative estimate of drug-likeness (QED) is 0.744. The molecule has 2 saturated carbocycles. The zero-order valence-electron chi connectivity index (χ0n) is 16.5. The Balaban J connectivity index is 1.85. The average molecular weight is 376 g/mol. The van der Waals surface area contributed by atoms with E-state index < -0.39 is 34.5 Å². The molecule has 6 nitrogen and oxygen atoms in total. The van der Waals surface area contributed by atoms with Crippen LogP contribution in [0.2, 0.25) is 0 Å². The summed E-state index contributed by atoms with van der Waals surface area (Å²) in [6.45, 7) is 7.08. The van der Waals surface area contributed by atoms with Crippen LogP contribution in [0, 0.1) is 22.7 Å². The molecule has 1 N–H and O–H groups in total. The number of hydrogen-bond acceptors (Lipinski definition) is 6. The highest BCUT2D eigenvalue weighted by molar-refractivity contribution is 6.05. The van der Waals surface area contributed by atoms with E-state index in [9.17, 15) is 19.5 Å². The van der Waals surface area contributed by atoms with Crippen molar-refractivity contribution in [2.75, 3.05) is 6.61 Å². The third-order valence-electron chi connectivity index (χ3n) is 7.76. The Kier molecular flexibility index (Phi) is 3.76. The van der Waals surface area contributed by atoms with E-state index >= 15 is 0 Å². The maximum Gasteiger partial charge on any atom is 0.352 e. The molecule has 0 radical (unpaired) electrons. The average Bonchev–Trinajstić information content (AvgIpc) is 2.96. The lowest BCUT2D eigenvalue weighted by Gasteiger charge is -2.58. The summed E-state index contributed by atoms with van der Waals surface area (Å²) >= 11 is 0. The topological polar surface area (TPSA) is 89.9 Å². The maximum absolute atomic E-state index is 13.1. The fourth-order valence-corrected chi connectivity index (χ4v) is 6.82. The van der Waals surface area contributed by atoms with Gasteiger partial charge in [-0.1, -0.05) is 20.3 Å². The number of esters is 2. The number of ether oxygens (including phenoxy) is 2. The molecule has 4 rings (SSSR count). The van der Waals surface area contributed by atoms with Crippen LogP contribution in [0.5, 0.6) is 0 Å². The van der Waals surface area contributed by atoms with Gasteiger partial charge in [-0.3, -0.25) is 9.59 Å². The molecule has 27 heavy (non-hydrogen) atoms. The smallest absolute Gasteiger partial charge is 0.352 e. The first-order valence-electron chi connectivity index (χ1n) is 9.84. The van der Waals surface area contributed by atoms with Crippen LogP contribution in [0.1, 0.15) is 59.8 Å². The molecule has 0 aromatic rings. The van der Waals surface area contributed by atoms with E-state index in [0.29, 0.717) is 6.42 Å². The SMILES string of the molecule is CC(=O)O[C@]1(C)C(=O)O[C@@]23CC[C@H]4C(C)(C)CCC[C@]4(CO)C2=CC(=O)[C@H]31. The molecule has 0 unspecified atom stereocenters. The van der Waals surface area contributed by atoms with E-state index in [0.717, 1.165) is 31.3 Å². The number of rotatable bonds is 2. The van der Waals surface area contributed by atoms with Crippen molar-refractivity contribution < 1.29 is 29.0 Å². The highest BCUT2D eigenvalue weighted by Gasteiger charge is 2.75. The van der Waals surface area contributed by atoms with Crippen LogP contribution in [-0.2, 0) is 23.9 Å². The van der Waals surface area contributed by atoms with Crippen molar-refractivity contribution in [3.63, 3.8) is 0 Å². The molecule has 148 valence electrons. The summed E-state index contributed by atoms with van der Waals surface area (Å²) in [5, 5.41) is 10.5. The molecule has 0 amide bonds. The number of allylic oxidation sites excluding steroid dienone is 1. The molecule has 3 aliphatic carbocycles. The number of carbonyl (C=O) groups excluding carboxylic acids is 3. The fourth-order valence-electron chi connectivity index (χ4n) is 6.82. The second-order valence-corrected chi connectivity index (χ2v) is 9.62. The monoisotopic (exact) mass is 376 g/mol. The normalized spacial score (nSPS) is 44.7. The molecule has 1 spiro atoms. The molecule has 1 aliphatic heterocycles. The fraction of sp³-hybridized carbons (Fsp3) is 0.762. The minimum absolute atomic E-state index is 0.0341. The van der Waals surface area contributed by atoms with Crippen LogP contribution < -0.4 is 0 Å². The maximum atomic E-state index is 13.1. The second-order valence-electron chi connectivity index (χ2n) is 9.62. The first-order valence-corrected chi connectivity index (χ1v) is 9.84. The Hall–Kier alpha value is -1.69. The largest absolute Gasteiger partial charge is 0.451 e. The van der Waals surface area contributed by atoms with Crippen LogP contribution >= 0.6 is 0 Å². The molecule has 0 bridgehead atoms. The number of hydrogen-bond donors (Lipinski definition) is 1. The van der Waals surface area contributed by atoms with Gasteiger partial charge >= 0.3 is 11.9 Å². The standard InChI is InChI=1S/C21H28O6/c1-12(23)26-19(4)16-13(24)10-15-20(11-22)8-5-7-18(2,3)14(20)6-9-21(15,16)27-17(19)25/h10,14,16,22H,5-9,11H2,1-4H3/t14-,16-,19-,20+,21-/m0/s1. The van der Waals surface area contributed by atoms with Gasteiger partial charge in [-0.2, -0.15) is 0 Å². The Bertz CT molecular complexity index is 767. The molecule has 3 fully saturated rings. The van der Waals surface area contributed by atoms with E-state index in [-0.39, 0.29) is 23.7 Å². The van der Waals surface area contributed by atoms with Gasteiger partial charge in [0, 0.05) is 12.3 Å². The lowest BCUT2D eigenvalue weighted by molar-refractivity contribution is -0.173. The van der Waals surface area contributed by atoms with Crippen LogP contribution in [0.4, 0.5) is 0 Å². The number of carbonyl (C=O) groups is 3. The molecule has 5 atom stereocenters. The zero-order valence-corrected chi connectivity index (χ0v) is 16.5. The molecule has 4 aliphatic rings. The summed E-state index contributed by atoms with van der Waals surface area (Å²) in [6, 6.07) is 0. The minimum atomic E-state index is -1.62. The first kappa shape index (κ1) is 18.7. The number of aliphatic hydroxyl groups is 1. The zero-order chi connectivity index (χ0) is 19.8. The third kappa shape index (κ3) is 2.13. The van der Waals surface area contributed by atoms with Gasteiger partial charge in [-0.25, -0.2) is 4.79 Å². The summed E-state index contributed by atoms with van der Waals surface area (Å²) in [5.41, 5.74) is -2.49. The van der Waals surface area contributed by atoms with Crippen LogP contribution in [0.25, 0.3) is 0 Å². The van der Waals surface area contributed by atoms with Gasteiger partial charge in [0.25, 0.3) is 0 Å². The minimum Gasteiger partial charge on any atom is -0.451 e. The summed E-state index contributed by atoms with van der Waals surface area (Å²) in [5.74, 6) is -2.17. The van der Waals surface area contributed by atoms with Gasteiger partial charge in [0.2, 0.25) is 5.60 Å². The van der Waals surface area contributed by atoms with E-state index in [2.05, 4.69) is 13.8 Å². The van der Waals surface area contributed by atoms with Crippen molar-refractivity contribution in [1.29, 1.82) is 0 Å². The Morgan fingerprint density at radius 1 is 1.26 bits per heavy atom. The Morgan fingerprint density at radius 3 is 2.59 bits per heavy atom. The van der Waals surface area contributed by atoms with Gasteiger partial charge in [-0.15, -0.1) is 0 Å². The predicted molar refractivity (Wildman–Crippen MR) is 95.4 cm³/mol. The van der Waals surface area contributed by atoms with E-state index in [1.165, 1.54) is 13.8 Å². The number of aliphatic hydroxyl groups excluding tert-OH is 1. The van der Waals surface area contributed by atoms with Crippen molar-refractivity contribution in [2.24, 2.45) is 22.7 Å². The number of ketones is 1. The Morgan fingerprint density at radius 2 is 1.96 bits per heavy atom. The van der Waals surface area contributed by atoms with Crippen LogP contribution in [-0.4, -0.2) is 40.6 Å². The van der Waals surface area contributed by atoms with Gasteiger partial charge < -0.3 is 14.6 Å². The van der Waals surface area contributed by atoms with Crippen molar-refractivity contribution in [3.05, 3.63) is 11.6 Å². The first-order chi connectivity index (χ1) is 12.5. The Labute approximate surface area is 159 Å². The molecular formula is C21H28O6. The molecule has 6 heteroatoms. The van der Waals surface area contributed by atoms with Crippen LogP contribution in [0.15, 0.2) is 11.6 Å². The highest BCUT2D eigenvalue weighted by Crippen LogP contribution is 2.68. The van der Waals surface area contributed by atoms with Gasteiger partial charge in [0.05, 0.1) is 6.61 Å². The highest BCUT2D eigenvalue weighted by atomic mass is 16.6. The molecule has 0 aromatic heterocycles. The summed E-state index contributed by atoms with van der Waals surface area (Å²) in [4.78, 5) is 37.5. The lowest BCUT2D eigenvalue weighted by atomic mass is 9.47. The van der Waals surface area contributed by atoms with E-state index in [1.807, 2.05) is 0 Å². The summed E-state index contributed by atoms with van der Waals surface area (Å²) in [7, 11) is 0. The molecule has 1 heterocycles. The number of fused-ring (bicyclic) bond motifs is 2. The van der Waals surface area contributed by atoms with Crippen molar-refractivity contribution in [3.8, 4) is 0 Å². The summed E-state index contributed by atoms with van der Waals surface area (Å²) in [6.07, 6.45) is 5.66. The van der Waals surface area contributed by atoms with Gasteiger partial charge in [0.15, 0.2) is 5.78 Å². The lowest BCUT2D eigenvalue weighted by Crippen LogP contribution is -2.58.